The molecule has 2 aromatic rings. The van der Waals surface area contributed by atoms with Crippen molar-refractivity contribution in [3.63, 3.8) is 0 Å². The summed E-state index contributed by atoms with van der Waals surface area (Å²) in [4.78, 5) is 26.2. The van der Waals surface area contributed by atoms with E-state index in [-0.39, 0.29) is 5.82 Å². The zero-order valence-corrected chi connectivity index (χ0v) is 11.0. The molecule has 2 aromatic heterocycles. The Kier molecular flexibility index (Phi) is 3.48. The number of rotatable bonds is 4. The number of nitrogens with zero attached hydrogens (tertiary/aromatic N) is 5. The maximum Gasteiger partial charge on any atom is 0.294 e. The van der Waals surface area contributed by atoms with Crippen molar-refractivity contribution in [2.24, 2.45) is 0 Å². The lowest BCUT2D eigenvalue weighted by Gasteiger charge is -2.16. The van der Waals surface area contributed by atoms with Gasteiger partial charge in [-0.15, -0.1) is 10.1 Å². The van der Waals surface area contributed by atoms with Crippen molar-refractivity contribution >= 4 is 17.0 Å². The highest BCUT2D eigenvalue weighted by atomic mass is 17.0. The number of aliphatic hydroxyl groups excluding tert-OH is 2. The molecular weight excluding hydrogens is 300 g/mol. The average Bonchev–Trinajstić information content (AvgIpc) is 3.01. The van der Waals surface area contributed by atoms with Gasteiger partial charge in [0.1, 0.15) is 36.8 Å². The molecule has 1 aliphatic heterocycles. The van der Waals surface area contributed by atoms with E-state index in [9.17, 15) is 20.3 Å². The molecular formula is C10H12N6O6. The van der Waals surface area contributed by atoms with E-state index in [1.807, 2.05) is 0 Å². The lowest BCUT2D eigenvalue weighted by molar-refractivity contribution is -0.759. The fraction of sp³-hybridized carbons (Fsp3) is 0.500. The van der Waals surface area contributed by atoms with Crippen molar-refractivity contribution in [2.75, 3.05) is 12.3 Å². The molecule has 0 aliphatic carbocycles. The minimum absolute atomic E-state index is 0.157. The number of ether oxygens (including phenoxy) is 1. The molecule has 12 heteroatoms. The molecule has 0 amide bonds. The summed E-state index contributed by atoms with van der Waals surface area (Å²) in [6, 6.07) is 0. The number of aliphatic hydroxyl groups is 2. The van der Waals surface area contributed by atoms with Crippen LogP contribution in [-0.2, 0) is 9.57 Å². The van der Waals surface area contributed by atoms with Crippen LogP contribution < -0.4 is 5.73 Å². The molecule has 4 atom stereocenters. The van der Waals surface area contributed by atoms with Crippen LogP contribution in [0.2, 0.25) is 0 Å². The molecule has 0 saturated carbocycles. The quantitative estimate of drug-likeness (QED) is 0.433. The van der Waals surface area contributed by atoms with Gasteiger partial charge in [-0.05, 0) is 0 Å². The Labute approximate surface area is 122 Å². The molecule has 4 unspecified atom stereocenters. The summed E-state index contributed by atoms with van der Waals surface area (Å²) in [6.45, 7) is -0.508. The van der Waals surface area contributed by atoms with E-state index in [0.717, 1.165) is 0 Å². The molecule has 0 bridgehead atoms. The number of nitrogen functional groups attached to an aromatic ring is 1. The molecule has 3 heterocycles. The van der Waals surface area contributed by atoms with E-state index in [1.54, 1.807) is 0 Å². The zero-order chi connectivity index (χ0) is 15.9. The number of hydrogen-bond donors (Lipinski definition) is 3. The van der Waals surface area contributed by atoms with Crippen LogP contribution >= 0.6 is 0 Å². The molecule has 12 nitrogen and oxygen atoms in total. The van der Waals surface area contributed by atoms with E-state index < -0.39 is 36.2 Å². The highest BCUT2D eigenvalue weighted by Crippen LogP contribution is 2.31. The predicted octanol–water partition coefficient (Wildman–Crippen LogP) is -1.76. The van der Waals surface area contributed by atoms with Crippen molar-refractivity contribution in [2.45, 2.75) is 24.5 Å². The number of anilines is 1. The summed E-state index contributed by atoms with van der Waals surface area (Å²) in [5, 5.41) is 29.2. The zero-order valence-electron chi connectivity index (χ0n) is 11.0. The first kappa shape index (κ1) is 14.4. The summed E-state index contributed by atoms with van der Waals surface area (Å²) >= 11 is 0. The van der Waals surface area contributed by atoms with Crippen molar-refractivity contribution < 1.29 is 24.9 Å². The van der Waals surface area contributed by atoms with Gasteiger partial charge in [0.2, 0.25) is 0 Å². The highest BCUT2D eigenvalue weighted by Gasteiger charge is 2.44. The molecule has 1 aliphatic rings. The highest BCUT2D eigenvalue weighted by molar-refractivity contribution is 5.81. The molecule has 0 radical (unpaired) electrons. The van der Waals surface area contributed by atoms with Crippen LogP contribution in [0, 0.1) is 10.1 Å². The maximum atomic E-state index is 10.2. The predicted molar refractivity (Wildman–Crippen MR) is 68.6 cm³/mol. The SMILES string of the molecule is Nc1ncnc2c1ncn2C1OC(CO[N+](=O)[O-])C(O)C1O. The molecule has 0 aromatic carbocycles. The summed E-state index contributed by atoms with van der Waals surface area (Å²) in [5.74, 6) is 0.157. The third-order valence-corrected chi connectivity index (χ3v) is 3.34. The minimum atomic E-state index is -1.36. The van der Waals surface area contributed by atoms with Crippen LogP contribution in [-0.4, -0.2) is 59.7 Å². The summed E-state index contributed by atoms with van der Waals surface area (Å²) < 4.78 is 6.79. The van der Waals surface area contributed by atoms with E-state index in [1.165, 1.54) is 17.2 Å². The van der Waals surface area contributed by atoms with Gasteiger partial charge in [0.25, 0.3) is 5.09 Å². The first-order valence-corrected chi connectivity index (χ1v) is 6.21. The third kappa shape index (κ3) is 2.28. The van der Waals surface area contributed by atoms with Gasteiger partial charge in [0, 0.05) is 0 Å². The molecule has 1 fully saturated rings. The Balaban J connectivity index is 1.87. The Morgan fingerprint density at radius 1 is 1.41 bits per heavy atom. The summed E-state index contributed by atoms with van der Waals surface area (Å²) in [7, 11) is 0. The molecule has 118 valence electrons. The van der Waals surface area contributed by atoms with Gasteiger partial charge in [-0.3, -0.25) is 4.57 Å². The van der Waals surface area contributed by atoms with Gasteiger partial charge in [-0.2, -0.15) is 0 Å². The van der Waals surface area contributed by atoms with Crippen LogP contribution in [0.25, 0.3) is 11.2 Å². The third-order valence-electron chi connectivity index (χ3n) is 3.34. The van der Waals surface area contributed by atoms with Crippen molar-refractivity contribution in [3.8, 4) is 0 Å². The number of aromatic nitrogens is 4. The van der Waals surface area contributed by atoms with Gasteiger partial charge in [0.15, 0.2) is 17.7 Å². The van der Waals surface area contributed by atoms with E-state index in [2.05, 4.69) is 19.8 Å². The average molecular weight is 312 g/mol. The number of nitrogens with two attached hydrogens (primary N) is 1. The summed E-state index contributed by atoms with van der Waals surface area (Å²) in [5.41, 5.74) is 6.29. The van der Waals surface area contributed by atoms with Crippen LogP contribution in [0.4, 0.5) is 5.82 Å². The lowest BCUT2D eigenvalue weighted by atomic mass is 10.1. The second kappa shape index (κ2) is 5.32. The number of fused-ring (bicyclic) bond motifs is 1. The molecule has 1 saturated heterocycles. The first-order valence-electron chi connectivity index (χ1n) is 6.21. The first-order chi connectivity index (χ1) is 10.5. The van der Waals surface area contributed by atoms with Crippen LogP contribution in [0.1, 0.15) is 6.23 Å². The standard InChI is InChI=1S/C10H12N6O6/c11-8-5-9(13-2-12-8)15(3-14-5)10-7(18)6(17)4(22-10)1-21-16(19)20/h2-4,6-7,10,17-18H,1H2,(H2,11,12,13). The molecule has 4 N–H and O–H groups in total. The fourth-order valence-corrected chi connectivity index (χ4v) is 2.29. The Morgan fingerprint density at radius 3 is 2.91 bits per heavy atom. The molecule has 3 rings (SSSR count). The second-order valence-corrected chi connectivity index (χ2v) is 4.65. The Hall–Kier alpha value is -2.57. The van der Waals surface area contributed by atoms with Crippen LogP contribution in [0.15, 0.2) is 12.7 Å². The van der Waals surface area contributed by atoms with Crippen molar-refractivity contribution in [3.05, 3.63) is 22.8 Å². The minimum Gasteiger partial charge on any atom is -0.387 e. The van der Waals surface area contributed by atoms with Gasteiger partial charge in [-0.25, -0.2) is 15.0 Å². The van der Waals surface area contributed by atoms with Crippen molar-refractivity contribution in [1.29, 1.82) is 0 Å². The van der Waals surface area contributed by atoms with Gasteiger partial charge >= 0.3 is 0 Å². The number of hydrogen-bond acceptors (Lipinski definition) is 10. The lowest BCUT2D eigenvalue weighted by Crippen LogP contribution is -2.34. The van der Waals surface area contributed by atoms with Gasteiger partial charge < -0.3 is 25.5 Å². The summed E-state index contributed by atoms with van der Waals surface area (Å²) in [6.07, 6.45) is -2.25. The van der Waals surface area contributed by atoms with E-state index in [4.69, 9.17) is 10.5 Å². The van der Waals surface area contributed by atoms with Crippen LogP contribution in [0.5, 0.6) is 0 Å². The van der Waals surface area contributed by atoms with Gasteiger partial charge in [-0.1, -0.05) is 0 Å². The largest absolute Gasteiger partial charge is 0.387 e. The van der Waals surface area contributed by atoms with E-state index >= 15 is 0 Å². The van der Waals surface area contributed by atoms with Crippen molar-refractivity contribution in [1.82, 2.24) is 19.5 Å². The molecule has 22 heavy (non-hydrogen) atoms. The van der Waals surface area contributed by atoms with Gasteiger partial charge in [0.05, 0.1) is 6.33 Å². The van der Waals surface area contributed by atoms with E-state index in [0.29, 0.717) is 11.2 Å². The molecule has 0 spiro atoms. The Morgan fingerprint density at radius 2 is 2.18 bits per heavy atom. The number of imidazole rings is 1. The normalized spacial score (nSPS) is 28.1. The van der Waals surface area contributed by atoms with Crippen LogP contribution in [0.3, 0.4) is 0 Å². The topological polar surface area (TPSA) is 172 Å². The monoisotopic (exact) mass is 312 g/mol. The fourth-order valence-electron chi connectivity index (χ4n) is 2.29. The smallest absolute Gasteiger partial charge is 0.294 e. The Bertz CT molecular complexity index is 706. The second-order valence-electron chi connectivity index (χ2n) is 4.65. The maximum absolute atomic E-state index is 10.2.